The molecule has 0 saturated heterocycles. The van der Waals surface area contributed by atoms with E-state index in [1.807, 2.05) is 0 Å². The van der Waals surface area contributed by atoms with Crippen LogP contribution in [0.1, 0.15) is 17.3 Å². The van der Waals surface area contributed by atoms with E-state index in [0.29, 0.717) is 6.61 Å². The minimum atomic E-state index is -3.96. The summed E-state index contributed by atoms with van der Waals surface area (Å²) < 4.78 is 27.5. The van der Waals surface area contributed by atoms with Crippen LogP contribution in [-0.2, 0) is 14.8 Å². The van der Waals surface area contributed by atoms with Crippen LogP contribution < -0.4 is 10.5 Å². The molecule has 1 aromatic rings. The van der Waals surface area contributed by atoms with Crippen molar-refractivity contribution in [2.24, 2.45) is 5.14 Å². The second-order valence-electron chi connectivity index (χ2n) is 4.02. The molecule has 0 unspecified atom stereocenters. The molecule has 0 heterocycles. The monoisotopic (exact) mass is 306 g/mol. The molecule has 0 aromatic heterocycles. The molecule has 8 heteroatoms. The number of hydrogen-bond donors (Lipinski definition) is 2. The Labute approximate surface area is 116 Å². The Hall–Kier alpha value is -1.15. The van der Waals surface area contributed by atoms with E-state index in [2.05, 4.69) is 5.32 Å². The molecule has 19 heavy (non-hydrogen) atoms. The molecule has 0 saturated carbocycles. The maximum Gasteiger partial charge on any atom is 0.251 e. The number of ether oxygens (including phenoxy) is 1. The van der Waals surface area contributed by atoms with Crippen molar-refractivity contribution in [3.05, 3.63) is 28.8 Å². The number of nitrogens with one attached hydrogen (secondary N) is 1. The van der Waals surface area contributed by atoms with Crippen LogP contribution in [0.25, 0.3) is 0 Å². The van der Waals surface area contributed by atoms with E-state index >= 15 is 0 Å². The fraction of sp³-hybridized carbons (Fsp3) is 0.364. The summed E-state index contributed by atoms with van der Waals surface area (Å²) in [6.45, 7) is 2.11. The van der Waals surface area contributed by atoms with Gasteiger partial charge >= 0.3 is 0 Å². The van der Waals surface area contributed by atoms with Gasteiger partial charge in [0.25, 0.3) is 5.91 Å². The van der Waals surface area contributed by atoms with Crippen LogP contribution in [0.3, 0.4) is 0 Å². The number of carbonyl (C=O) groups excluding carboxylic acids is 1. The maximum atomic E-state index is 11.9. The predicted molar refractivity (Wildman–Crippen MR) is 71.6 cm³/mol. The van der Waals surface area contributed by atoms with Gasteiger partial charge in [-0.2, -0.15) is 0 Å². The number of halogens is 1. The number of hydrogen-bond acceptors (Lipinski definition) is 4. The maximum absolute atomic E-state index is 11.9. The molecule has 1 atom stereocenters. The molecule has 0 fully saturated rings. The summed E-state index contributed by atoms with van der Waals surface area (Å²) in [5.74, 6) is -0.425. The van der Waals surface area contributed by atoms with Crippen LogP contribution >= 0.6 is 11.6 Å². The topological polar surface area (TPSA) is 98.5 Å². The number of rotatable bonds is 5. The van der Waals surface area contributed by atoms with Gasteiger partial charge in [0.05, 0.1) is 11.6 Å². The lowest BCUT2D eigenvalue weighted by molar-refractivity contribution is 0.0905. The summed E-state index contributed by atoms with van der Waals surface area (Å²) in [7, 11) is -2.45. The Bertz CT molecular complexity index is 574. The van der Waals surface area contributed by atoms with Crippen LogP contribution in [0.2, 0.25) is 5.02 Å². The number of carbonyl (C=O) groups is 1. The number of sulfonamides is 1. The van der Waals surface area contributed by atoms with Crippen LogP contribution in [0, 0.1) is 0 Å². The molecule has 1 rings (SSSR count). The summed E-state index contributed by atoms with van der Waals surface area (Å²) in [5, 5.41) is 7.64. The number of amides is 1. The average molecular weight is 307 g/mol. The van der Waals surface area contributed by atoms with E-state index < -0.39 is 15.9 Å². The molecule has 106 valence electrons. The number of nitrogens with two attached hydrogens (primary N) is 1. The van der Waals surface area contributed by atoms with Crippen molar-refractivity contribution in [2.75, 3.05) is 13.7 Å². The van der Waals surface area contributed by atoms with Crippen LogP contribution in [0.15, 0.2) is 23.1 Å². The highest BCUT2D eigenvalue weighted by Crippen LogP contribution is 2.21. The molecule has 0 aliphatic heterocycles. The lowest BCUT2D eigenvalue weighted by Crippen LogP contribution is -2.35. The van der Waals surface area contributed by atoms with Crippen LogP contribution in [0.4, 0.5) is 0 Å². The Balaban J connectivity index is 3.00. The van der Waals surface area contributed by atoms with Crippen molar-refractivity contribution in [3.8, 4) is 0 Å². The molecule has 0 aliphatic rings. The first-order valence-electron chi connectivity index (χ1n) is 5.38. The molecule has 6 nitrogen and oxygen atoms in total. The third kappa shape index (κ3) is 4.46. The molecule has 1 amide bonds. The molecular formula is C11H15ClN2O4S. The Morgan fingerprint density at radius 2 is 2.16 bits per heavy atom. The fourth-order valence-corrected chi connectivity index (χ4v) is 2.53. The van der Waals surface area contributed by atoms with Crippen molar-refractivity contribution >= 4 is 27.5 Å². The minimum Gasteiger partial charge on any atom is -0.383 e. The Morgan fingerprint density at radius 3 is 2.68 bits per heavy atom. The van der Waals surface area contributed by atoms with Gasteiger partial charge in [-0.25, -0.2) is 13.6 Å². The largest absolute Gasteiger partial charge is 0.383 e. The van der Waals surface area contributed by atoms with Crippen molar-refractivity contribution in [2.45, 2.75) is 17.9 Å². The third-order valence-corrected chi connectivity index (χ3v) is 3.69. The van der Waals surface area contributed by atoms with Gasteiger partial charge < -0.3 is 10.1 Å². The summed E-state index contributed by atoms with van der Waals surface area (Å²) in [4.78, 5) is 11.6. The average Bonchev–Trinajstić information content (AvgIpc) is 2.27. The van der Waals surface area contributed by atoms with Crippen molar-refractivity contribution in [3.63, 3.8) is 0 Å². The molecule has 1 aromatic carbocycles. The highest BCUT2D eigenvalue weighted by atomic mass is 35.5. The van der Waals surface area contributed by atoms with Crippen molar-refractivity contribution in [1.29, 1.82) is 0 Å². The molecule has 0 bridgehead atoms. The highest BCUT2D eigenvalue weighted by molar-refractivity contribution is 7.89. The van der Waals surface area contributed by atoms with Gasteiger partial charge in [-0.05, 0) is 25.1 Å². The predicted octanol–water partition coefficient (Wildman–Crippen LogP) is 0.752. The van der Waals surface area contributed by atoms with Crippen molar-refractivity contribution in [1.82, 2.24) is 5.32 Å². The Morgan fingerprint density at radius 1 is 1.53 bits per heavy atom. The van der Waals surface area contributed by atoms with E-state index in [-0.39, 0.29) is 21.5 Å². The SMILES string of the molecule is COC[C@@H](C)NC(=O)c1ccc(Cl)c(S(N)(=O)=O)c1. The van der Waals surface area contributed by atoms with Crippen molar-refractivity contribution < 1.29 is 17.9 Å². The van der Waals surface area contributed by atoms with E-state index in [1.165, 1.54) is 19.2 Å². The summed E-state index contributed by atoms with van der Waals surface area (Å²) in [5.41, 5.74) is 0.163. The highest BCUT2D eigenvalue weighted by Gasteiger charge is 2.17. The van der Waals surface area contributed by atoms with E-state index in [4.69, 9.17) is 21.5 Å². The van der Waals surface area contributed by atoms with E-state index in [0.717, 1.165) is 6.07 Å². The first kappa shape index (κ1) is 15.9. The smallest absolute Gasteiger partial charge is 0.251 e. The lowest BCUT2D eigenvalue weighted by atomic mass is 10.2. The summed E-state index contributed by atoms with van der Waals surface area (Å²) in [6, 6.07) is 3.68. The van der Waals surface area contributed by atoms with Gasteiger partial charge in [0.2, 0.25) is 10.0 Å². The van der Waals surface area contributed by atoms with E-state index in [1.54, 1.807) is 6.92 Å². The molecule has 3 N–H and O–H groups in total. The van der Waals surface area contributed by atoms with Gasteiger partial charge in [0.15, 0.2) is 0 Å². The zero-order chi connectivity index (χ0) is 14.6. The second kappa shape index (κ2) is 6.33. The lowest BCUT2D eigenvalue weighted by Gasteiger charge is -2.13. The fourth-order valence-electron chi connectivity index (χ4n) is 1.46. The molecule has 0 aliphatic carbocycles. The van der Waals surface area contributed by atoms with Gasteiger partial charge in [-0.1, -0.05) is 11.6 Å². The molecular weight excluding hydrogens is 292 g/mol. The zero-order valence-corrected chi connectivity index (χ0v) is 12.1. The Kier molecular flexibility index (Phi) is 5.30. The summed E-state index contributed by atoms with van der Waals surface area (Å²) >= 11 is 5.73. The second-order valence-corrected chi connectivity index (χ2v) is 5.96. The standard InChI is InChI=1S/C11H15ClN2O4S/c1-7(6-18-2)14-11(15)8-3-4-9(12)10(5-8)19(13,16)17/h3-5,7H,6H2,1-2H3,(H,14,15)(H2,13,16,17)/t7-/m1/s1. The van der Waals surface area contributed by atoms with Gasteiger partial charge in [0, 0.05) is 18.7 Å². The first-order valence-corrected chi connectivity index (χ1v) is 7.30. The van der Waals surface area contributed by atoms with Crippen LogP contribution in [-0.4, -0.2) is 34.1 Å². The number of primary sulfonamides is 1. The van der Waals surface area contributed by atoms with E-state index in [9.17, 15) is 13.2 Å². The zero-order valence-electron chi connectivity index (χ0n) is 10.5. The normalized spacial score (nSPS) is 13.1. The molecule has 0 spiro atoms. The van der Waals surface area contributed by atoms with Crippen LogP contribution in [0.5, 0.6) is 0 Å². The number of benzene rings is 1. The quantitative estimate of drug-likeness (QED) is 0.838. The number of methoxy groups -OCH3 is 1. The third-order valence-electron chi connectivity index (χ3n) is 2.29. The molecule has 0 radical (unpaired) electrons. The van der Waals surface area contributed by atoms with Gasteiger partial charge in [-0.15, -0.1) is 0 Å². The van der Waals surface area contributed by atoms with Gasteiger partial charge in [0.1, 0.15) is 4.90 Å². The first-order chi connectivity index (χ1) is 8.75. The minimum absolute atomic E-state index is 0.0241. The van der Waals surface area contributed by atoms with Gasteiger partial charge in [-0.3, -0.25) is 4.79 Å². The summed E-state index contributed by atoms with van der Waals surface area (Å²) in [6.07, 6.45) is 0.